The summed E-state index contributed by atoms with van der Waals surface area (Å²) in [6, 6.07) is 8.19. The van der Waals surface area contributed by atoms with E-state index in [4.69, 9.17) is 0 Å². The van der Waals surface area contributed by atoms with E-state index in [1.54, 1.807) is 11.3 Å². The molecule has 0 aliphatic carbocycles. The van der Waals surface area contributed by atoms with E-state index in [0.717, 1.165) is 32.8 Å². The second-order valence-electron chi connectivity index (χ2n) is 5.94. The molecule has 0 fully saturated rings. The smallest absolute Gasteiger partial charge is 0.225 e. The van der Waals surface area contributed by atoms with Crippen molar-refractivity contribution in [1.82, 2.24) is 9.97 Å². The third kappa shape index (κ3) is 5.27. The Labute approximate surface area is 177 Å². The summed E-state index contributed by atoms with van der Waals surface area (Å²) in [6.07, 6.45) is 0.436. The number of hydrogen-bond donors (Lipinski definition) is 2. The van der Waals surface area contributed by atoms with Crippen LogP contribution < -0.4 is 15.5 Å². The highest BCUT2D eigenvalue weighted by Crippen LogP contribution is 2.35. The number of aryl methyl sites for hydroxylation is 1. The highest BCUT2D eigenvalue weighted by atomic mass is 79.9. The lowest BCUT2D eigenvalue weighted by atomic mass is 10.2. The van der Waals surface area contributed by atoms with Crippen LogP contribution in [0.3, 0.4) is 0 Å². The molecule has 27 heavy (non-hydrogen) atoms. The molecule has 144 valence electrons. The Morgan fingerprint density at radius 1 is 1.15 bits per heavy atom. The van der Waals surface area contributed by atoms with Gasteiger partial charge in [0.2, 0.25) is 5.91 Å². The van der Waals surface area contributed by atoms with E-state index in [1.807, 2.05) is 45.5 Å². The van der Waals surface area contributed by atoms with Crippen LogP contribution in [0, 0.1) is 6.92 Å². The number of aromatic nitrogens is 2. The molecule has 0 bridgehead atoms. The number of carbonyl (C=O) groups excluding carboxylic acids is 1. The van der Waals surface area contributed by atoms with Crippen LogP contribution in [0.1, 0.15) is 19.0 Å². The number of rotatable bonds is 6. The van der Waals surface area contributed by atoms with Crippen LogP contribution in [0.25, 0.3) is 10.6 Å². The third-order valence-electron chi connectivity index (χ3n) is 3.74. The number of benzene rings is 1. The minimum atomic E-state index is -0.0351. The number of carbonyl (C=O) groups is 1. The molecular formula is C18H22BrN5OS2. The molecule has 2 aromatic heterocycles. The molecule has 2 heterocycles. The fourth-order valence-electron chi connectivity index (χ4n) is 2.30. The van der Waals surface area contributed by atoms with E-state index in [1.165, 1.54) is 11.3 Å². The second kappa shape index (κ2) is 9.29. The van der Waals surface area contributed by atoms with Crippen molar-refractivity contribution in [1.29, 1.82) is 0 Å². The summed E-state index contributed by atoms with van der Waals surface area (Å²) in [5, 5.41) is 9.58. The SMILES string of the molecule is Br.CCC(=O)Nc1nc(C)c(-c2csc(Nc3ccc(N(C)C)cc3)n2)s1. The van der Waals surface area contributed by atoms with E-state index < -0.39 is 0 Å². The van der Waals surface area contributed by atoms with Crippen LogP contribution >= 0.6 is 39.7 Å². The molecular weight excluding hydrogens is 446 g/mol. The summed E-state index contributed by atoms with van der Waals surface area (Å²) in [7, 11) is 4.04. The summed E-state index contributed by atoms with van der Waals surface area (Å²) in [6.45, 7) is 3.75. The average molecular weight is 468 g/mol. The highest BCUT2D eigenvalue weighted by Gasteiger charge is 2.14. The molecule has 2 N–H and O–H groups in total. The largest absolute Gasteiger partial charge is 0.378 e. The van der Waals surface area contributed by atoms with E-state index >= 15 is 0 Å². The number of thiazole rings is 2. The monoisotopic (exact) mass is 467 g/mol. The fourth-order valence-corrected chi connectivity index (χ4v) is 4.04. The Morgan fingerprint density at radius 2 is 1.85 bits per heavy atom. The van der Waals surface area contributed by atoms with Gasteiger partial charge in [-0.1, -0.05) is 18.3 Å². The van der Waals surface area contributed by atoms with Gasteiger partial charge in [-0.2, -0.15) is 0 Å². The zero-order valence-electron chi connectivity index (χ0n) is 15.6. The van der Waals surface area contributed by atoms with Gasteiger partial charge >= 0.3 is 0 Å². The van der Waals surface area contributed by atoms with Crippen molar-refractivity contribution >= 4 is 67.2 Å². The van der Waals surface area contributed by atoms with Crippen molar-refractivity contribution in [2.75, 3.05) is 29.6 Å². The lowest BCUT2D eigenvalue weighted by Gasteiger charge is -2.12. The maximum Gasteiger partial charge on any atom is 0.225 e. The number of hydrogen-bond acceptors (Lipinski definition) is 7. The first-order valence-corrected chi connectivity index (χ1v) is 9.93. The minimum absolute atomic E-state index is 0. The van der Waals surface area contributed by atoms with E-state index in [2.05, 4.69) is 37.6 Å². The molecule has 0 spiro atoms. The molecule has 3 aromatic rings. The quantitative estimate of drug-likeness (QED) is 0.513. The highest BCUT2D eigenvalue weighted by molar-refractivity contribution is 8.93. The molecule has 0 saturated carbocycles. The van der Waals surface area contributed by atoms with Gasteiger partial charge in [0.05, 0.1) is 16.3 Å². The van der Waals surface area contributed by atoms with Gasteiger partial charge in [0.1, 0.15) is 0 Å². The molecule has 0 radical (unpaired) electrons. The number of nitrogens with zero attached hydrogens (tertiary/aromatic N) is 3. The van der Waals surface area contributed by atoms with Crippen molar-refractivity contribution in [2.45, 2.75) is 20.3 Å². The molecule has 0 unspecified atom stereocenters. The molecule has 0 saturated heterocycles. The summed E-state index contributed by atoms with van der Waals surface area (Å²) in [4.78, 5) is 23.7. The molecule has 9 heteroatoms. The third-order valence-corrected chi connectivity index (χ3v) is 5.59. The van der Waals surface area contributed by atoms with Crippen molar-refractivity contribution in [3.8, 4) is 10.6 Å². The van der Waals surface area contributed by atoms with Crippen LogP contribution in [0.15, 0.2) is 29.6 Å². The van der Waals surface area contributed by atoms with Gasteiger partial charge in [-0.25, -0.2) is 9.97 Å². The summed E-state index contributed by atoms with van der Waals surface area (Å²) < 4.78 is 0. The van der Waals surface area contributed by atoms with Gasteiger partial charge in [-0.15, -0.1) is 28.3 Å². The molecule has 1 aromatic carbocycles. The Balaban J connectivity index is 0.00000261. The van der Waals surface area contributed by atoms with Gasteiger partial charge in [0.25, 0.3) is 0 Å². The predicted octanol–water partition coefficient (Wildman–Crippen LogP) is 5.31. The second-order valence-corrected chi connectivity index (χ2v) is 7.80. The molecule has 0 aliphatic heterocycles. The van der Waals surface area contributed by atoms with Crippen LogP contribution in [-0.2, 0) is 4.79 Å². The van der Waals surface area contributed by atoms with E-state index in [0.29, 0.717) is 11.6 Å². The first-order valence-electron chi connectivity index (χ1n) is 8.24. The average Bonchev–Trinajstić information content (AvgIpc) is 3.21. The molecule has 6 nitrogen and oxygen atoms in total. The van der Waals surface area contributed by atoms with E-state index in [9.17, 15) is 4.79 Å². The van der Waals surface area contributed by atoms with Crippen LogP contribution in [-0.4, -0.2) is 30.0 Å². The van der Waals surface area contributed by atoms with E-state index in [-0.39, 0.29) is 22.9 Å². The van der Waals surface area contributed by atoms with Crippen LogP contribution in [0.5, 0.6) is 0 Å². The lowest BCUT2D eigenvalue weighted by molar-refractivity contribution is -0.115. The fraction of sp³-hybridized carbons (Fsp3) is 0.278. The number of anilines is 4. The summed E-state index contributed by atoms with van der Waals surface area (Å²) in [5.41, 5.74) is 3.88. The van der Waals surface area contributed by atoms with Crippen LogP contribution in [0.4, 0.5) is 21.6 Å². The molecule has 0 atom stereocenters. The summed E-state index contributed by atoms with van der Waals surface area (Å²) >= 11 is 2.99. The summed E-state index contributed by atoms with van der Waals surface area (Å²) in [5.74, 6) is -0.0351. The predicted molar refractivity (Wildman–Crippen MR) is 121 cm³/mol. The zero-order valence-corrected chi connectivity index (χ0v) is 18.9. The van der Waals surface area contributed by atoms with Crippen molar-refractivity contribution in [3.05, 3.63) is 35.3 Å². The first kappa shape index (κ1) is 21.3. The Hall–Kier alpha value is -1.97. The first-order chi connectivity index (χ1) is 12.5. The standard InChI is InChI=1S/C18H21N5OS2.BrH/c1-5-15(24)22-18-19-11(2)16(26-18)14-10-25-17(21-14)20-12-6-8-13(9-7-12)23(3)4;/h6-10H,5H2,1-4H3,(H,20,21)(H,19,22,24);1H. The maximum atomic E-state index is 11.5. The van der Waals surface area contributed by atoms with Crippen molar-refractivity contribution in [2.24, 2.45) is 0 Å². The Bertz CT molecular complexity index is 905. The van der Waals surface area contributed by atoms with Gasteiger partial charge in [0.15, 0.2) is 10.3 Å². The number of nitrogens with one attached hydrogen (secondary N) is 2. The number of amides is 1. The Kier molecular flexibility index (Phi) is 7.34. The van der Waals surface area contributed by atoms with Gasteiger partial charge in [0, 0.05) is 37.3 Å². The minimum Gasteiger partial charge on any atom is -0.378 e. The van der Waals surface area contributed by atoms with Crippen molar-refractivity contribution < 1.29 is 4.79 Å². The topological polar surface area (TPSA) is 70.2 Å². The molecule has 3 rings (SSSR count). The maximum absolute atomic E-state index is 11.5. The zero-order chi connectivity index (χ0) is 18.7. The normalized spacial score (nSPS) is 10.2. The van der Waals surface area contributed by atoms with Gasteiger partial charge in [-0.05, 0) is 31.2 Å². The van der Waals surface area contributed by atoms with Gasteiger partial charge in [-0.3, -0.25) is 4.79 Å². The molecule has 0 aliphatic rings. The molecule has 1 amide bonds. The Morgan fingerprint density at radius 3 is 2.48 bits per heavy atom. The number of halogens is 1. The van der Waals surface area contributed by atoms with Crippen molar-refractivity contribution in [3.63, 3.8) is 0 Å². The lowest BCUT2D eigenvalue weighted by Crippen LogP contribution is -2.08. The van der Waals surface area contributed by atoms with Crippen LogP contribution in [0.2, 0.25) is 0 Å². The van der Waals surface area contributed by atoms with Gasteiger partial charge < -0.3 is 15.5 Å².